The zero-order chi connectivity index (χ0) is 16.9. The summed E-state index contributed by atoms with van der Waals surface area (Å²) >= 11 is 6.64. The molecule has 0 radical (unpaired) electrons. The fraction of sp³-hybridized carbons (Fsp3) is 0.250. The summed E-state index contributed by atoms with van der Waals surface area (Å²) in [5.41, 5.74) is 2.81. The van der Waals surface area contributed by atoms with Gasteiger partial charge in [-0.1, -0.05) is 18.2 Å². The third-order valence-corrected chi connectivity index (χ3v) is 7.35. The van der Waals surface area contributed by atoms with Gasteiger partial charge in [-0.05, 0) is 30.8 Å². The number of thiazole rings is 1. The van der Waals surface area contributed by atoms with Crippen LogP contribution in [-0.2, 0) is 9.84 Å². The molecule has 0 bridgehead atoms. The molecule has 1 atom stereocenters. The molecule has 0 amide bonds. The third kappa shape index (κ3) is 2.64. The highest BCUT2D eigenvalue weighted by Crippen LogP contribution is 2.38. The predicted molar refractivity (Wildman–Crippen MR) is 99.6 cm³/mol. The molecule has 1 fully saturated rings. The number of fused-ring (bicyclic) bond motifs is 1. The zero-order valence-electron chi connectivity index (χ0n) is 12.5. The van der Waals surface area contributed by atoms with E-state index < -0.39 is 9.84 Å². The van der Waals surface area contributed by atoms with E-state index in [9.17, 15) is 13.5 Å². The van der Waals surface area contributed by atoms with E-state index in [0.29, 0.717) is 15.3 Å². The normalized spacial score (nSPS) is 23.0. The first-order valence-corrected chi connectivity index (χ1v) is 10.5. The van der Waals surface area contributed by atoms with Gasteiger partial charge >= 0.3 is 0 Å². The van der Waals surface area contributed by atoms with Gasteiger partial charge in [0.1, 0.15) is 0 Å². The van der Waals surface area contributed by atoms with Crippen LogP contribution in [0.3, 0.4) is 0 Å². The molecule has 1 unspecified atom stereocenters. The number of benzene rings is 1. The van der Waals surface area contributed by atoms with Crippen LogP contribution < -0.4 is 0 Å². The average Bonchev–Trinajstić information content (AvgIpc) is 3.18. The molecule has 2 aliphatic rings. The van der Waals surface area contributed by atoms with Crippen LogP contribution in [-0.4, -0.2) is 35.8 Å². The summed E-state index contributed by atoms with van der Waals surface area (Å²) in [4.78, 5) is 4.98. The second-order valence-corrected chi connectivity index (χ2v) is 9.76. The lowest BCUT2D eigenvalue weighted by atomic mass is 10.1. The monoisotopic (exact) mass is 378 g/mol. The number of hydrogen-bond donors (Lipinski definition) is 1. The highest BCUT2D eigenvalue weighted by Gasteiger charge is 2.31. The molecule has 4 rings (SSSR count). The number of aliphatic imine (C=N–C) groups is 1. The van der Waals surface area contributed by atoms with Gasteiger partial charge in [-0.3, -0.25) is 9.56 Å². The Labute approximate surface area is 148 Å². The second kappa shape index (κ2) is 5.65. The Kier molecular flexibility index (Phi) is 3.70. The van der Waals surface area contributed by atoms with Crippen molar-refractivity contribution < 1.29 is 13.5 Å². The molecular weight excluding hydrogens is 364 g/mol. The van der Waals surface area contributed by atoms with Crippen LogP contribution in [0.15, 0.2) is 29.3 Å². The van der Waals surface area contributed by atoms with Crippen LogP contribution in [0, 0.1) is 3.95 Å². The number of rotatable bonds is 2. The lowest BCUT2D eigenvalue weighted by Crippen LogP contribution is -2.10. The fourth-order valence-corrected chi connectivity index (χ4v) is 6.19. The van der Waals surface area contributed by atoms with Gasteiger partial charge in [0.15, 0.2) is 13.8 Å². The van der Waals surface area contributed by atoms with Crippen molar-refractivity contribution in [2.75, 3.05) is 11.5 Å². The van der Waals surface area contributed by atoms with Gasteiger partial charge in [0.05, 0.1) is 28.1 Å². The van der Waals surface area contributed by atoms with Gasteiger partial charge < -0.3 is 5.11 Å². The Morgan fingerprint density at radius 3 is 2.92 bits per heavy atom. The van der Waals surface area contributed by atoms with E-state index in [1.807, 2.05) is 30.3 Å². The molecule has 2 aromatic rings. The summed E-state index contributed by atoms with van der Waals surface area (Å²) in [6.45, 7) is 0. The van der Waals surface area contributed by atoms with Crippen LogP contribution in [0.5, 0.6) is 5.88 Å². The topological polar surface area (TPSA) is 71.7 Å². The maximum absolute atomic E-state index is 11.7. The molecule has 1 aromatic heterocycles. The van der Waals surface area contributed by atoms with Crippen LogP contribution >= 0.6 is 23.6 Å². The number of hydrogen-bond acceptors (Lipinski definition) is 6. The molecule has 1 aromatic carbocycles. The minimum Gasteiger partial charge on any atom is -0.493 e. The molecule has 5 nitrogen and oxygen atoms in total. The zero-order valence-corrected chi connectivity index (χ0v) is 15.0. The number of nitrogens with zero attached hydrogens (tertiary/aromatic N) is 2. The Morgan fingerprint density at radius 1 is 1.38 bits per heavy atom. The molecular formula is C16H14N2O3S3. The number of sulfone groups is 1. The summed E-state index contributed by atoms with van der Waals surface area (Å²) in [5, 5.41) is 10.6. The van der Waals surface area contributed by atoms with Crippen LogP contribution in [0.2, 0.25) is 0 Å². The van der Waals surface area contributed by atoms with Gasteiger partial charge in [-0.2, -0.15) is 0 Å². The van der Waals surface area contributed by atoms with Gasteiger partial charge in [-0.15, -0.1) is 11.3 Å². The Bertz CT molecular complexity index is 1040. The van der Waals surface area contributed by atoms with Crippen molar-refractivity contribution in [2.24, 2.45) is 4.99 Å². The van der Waals surface area contributed by atoms with Gasteiger partial charge in [0, 0.05) is 17.4 Å². The summed E-state index contributed by atoms with van der Waals surface area (Å²) < 4.78 is 25.5. The molecule has 0 aliphatic carbocycles. The van der Waals surface area contributed by atoms with Crippen molar-refractivity contribution in [1.29, 1.82) is 0 Å². The summed E-state index contributed by atoms with van der Waals surface area (Å²) in [6, 6.07) is 7.50. The number of allylic oxidation sites excluding steroid dienone is 1. The Hall–Kier alpha value is -1.77. The maximum Gasteiger partial charge on any atom is 0.210 e. The predicted octanol–water partition coefficient (Wildman–Crippen LogP) is 3.60. The van der Waals surface area contributed by atoms with Crippen LogP contribution in [0.1, 0.15) is 22.9 Å². The number of aromatic hydroxyl groups is 1. The van der Waals surface area contributed by atoms with E-state index in [1.165, 1.54) is 11.3 Å². The second-order valence-electron chi connectivity index (χ2n) is 5.86. The largest absolute Gasteiger partial charge is 0.493 e. The summed E-state index contributed by atoms with van der Waals surface area (Å²) in [6.07, 6.45) is 4.10. The first-order valence-electron chi connectivity index (χ1n) is 7.44. The number of para-hydroxylation sites is 1. The summed E-state index contributed by atoms with van der Waals surface area (Å²) in [7, 11) is -3.04. The van der Waals surface area contributed by atoms with E-state index in [0.717, 1.165) is 16.8 Å². The van der Waals surface area contributed by atoms with E-state index in [4.69, 9.17) is 12.2 Å². The van der Waals surface area contributed by atoms with E-state index in [1.54, 1.807) is 10.8 Å². The Morgan fingerprint density at radius 2 is 2.17 bits per heavy atom. The minimum atomic E-state index is -3.04. The van der Waals surface area contributed by atoms with Crippen molar-refractivity contribution in [3.05, 3.63) is 38.7 Å². The van der Waals surface area contributed by atoms with Crippen molar-refractivity contribution in [3.63, 3.8) is 0 Å². The molecule has 0 spiro atoms. The lowest BCUT2D eigenvalue weighted by molar-refractivity contribution is 0.390. The fourth-order valence-electron chi connectivity index (χ4n) is 3.08. The van der Waals surface area contributed by atoms with Crippen LogP contribution in [0.25, 0.3) is 11.6 Å². The van der Waals surface area contributed by atoms with Gasteiger partial charge in [0.2, 0.25) is 5.88 Å². The standard InChI is InChI=1S/C16H14N2O3S3/c19-15-14(7-10-8-17-13-4-2-1-3-12(10)13)23-16(22)18(15)11-5-6-24(20,21)9-11/h1-4,7-8,11,19H,5-6,9H2/b10-7+. The van der Waals surface area contributed by atoms with E-state index in [-0.39, 0.29) is 23.4 Å². The van der Waals surface area contributed by atoms with Crippen molar-refractivity contribution in [3.8, 4) is 5.88 Å². The highest BCUT2D eigenvalue weighted by atomic mass is 32.2. The quantitative estimate of drug-likeness (QED) is 0.811. The molecule has 124 valence electrons. The van der Waals surface area contributed by atoms with Crippen molar-refractivity contribution in [1.82, 2.24) is 4.57 Å². The molecule has 2 aliphatic heterocycles. The SMILES string of the molecule is O=S1(=O)CCC(n2c(O)c(/C=C3\C=Nc4ccccc43)sc2=S)C1. The summed E-state index contributed by atoms with van der Waals surface area (Å²) in [5.74, 6) is 0.217. The molecule has 3 heterocycles. The van der Waals surface area contributed by atoms with Gasteiger partial charge in [-0.25, -0.2) is 8.42 Å². The lowest BCUT2D eigenvalue weighted by Gasteiger charge is -2.11. The van der Waals surface area contributed by atoms with E-state index in [2.05, 4.69) is 4.99 Å². The minimum absolute atomic E-state index is 0.0336. The highest BCUT2D eigenvalue weighted by molar-refractivity contribution is 7.91. The molecule has 24 heavy (non-hydrogen) atoms. The third-order valence-electron chi connectivity index (χ3n) is 4.26. The molecule has 0 saturated carbocycles. The van der Waals surface area contributed by atoms with Crippen LogP contribution in [0.4, 0.5) is 5.69 Å². The first-order chi connectivity index (χ1) is 11.4. The smallest absolute Gasteiger partial charge is 0.210 e. The molecule has 1 N–H and O–H groups in total. The molecule has 1 saturated heterocycles. The maximum atomic E-state index is 11.7. The van der Waals surface area contributed by atoms with Gasteiger partial charge in [0.25, 0.3) is 0 Å². The van der Waals surface area contributed by atoms with E-state index >= 15 is 0 Å². The Balaban J connectivity index is 1.75. The number of aromatic nitrogens is 1. The average molecular weight is 379 g/mol. The molecule has 8 heteroatoms. The van der Waals surface area contributed by atoms with Crippen molar-refractivity contribution in [2.45, 2.75) is 12.5 Å². The van der Waals surface area contributed by atoms with Crippen molar-refractivity contribution >= 4 is 56.9 Å². The first kappa shape index (κ1) is 15.7.